The van der Waals surface area contributed by atoms with Crippen molar-refractivity contribution in [3.8, 4) is 5.75 Å². The van der Waals surface area contributed by atoms with Crippen molar-refractivity contribution in [2.45, 2.75) is 40.0 Å². The summed E-state index contributed by atoms with van der Waals surface area (Å²) in [6.45, 7) is 14.3. The highest BCUT2D eigenvalue weighted by molar-refractivity contribution is 9.11. The van der Waals surface area contributed by atoms with Crippen molar-refractivity contribution in [3.05, 3.63) is 38.8 Å². The number of nitrogens with one attached hydrogen (secondary N) is 1. The monoisotopic (exact) mass is 533 g/mol. The average Bonchev–Trinajstić information content (AvgIpc) is 2.63. The molecular weight excluding hydrogens is 506 g/mol. The summed E-state index contributed by atoms with van der Waals surface area (Å²) in [5, 5.41) is 2.49. The number of hydrogen-bond acceptors (Lipinski definition) is 5. The Morgan fingerprint density at radius 3 is 2.21 bits per heavy atom. The van der Waals surface area contributed by atoms with Crippen LogP contribution in [-0.2, 0) is 19.7 Å². The largest absolute Gasteiger partial charge is 0.488 e. The zero-order chi connectivity index (χ0) is 22.2. The summed E-state index contributed by atoms with van der Waals surface area (Å²) in [7, 11) is 0. The molecule has 0 bridgehead atoms. The molecule has 0 aromatic heterocycles. The van der Waals surface area contributed by atoms with Crippen LogP contribution in [0.25, 0.3) is 0 Å². The van der Waals surface area contributed by atoms with Crippen LogP contribution in [0.3, 0.4) is 0 Å². The average molecular weight is 535 g/mol. The van der Waals surface area contributed by atoms with Crippen molar-refractivity contribution in [1.82, 2.24) is 5.32 Å². The van der Waals surface area contributed by atoms with E-state index in [4.69, 9.17) is 14.2 Å². The van der Waals surface area contributed by atoms with E-state index in [0.29, 0.717) is 17.2 Å². The summed E-state index contributed by atoms with van der Waals surface area (Å²) in [6.07, 6.45) is -0.605. The van der Waals surface area contributed by atoms with E-state index in [-0.39, 0.29) is 31.8 Å². The number of carbonyl (C=O) groups excluding carboxylic acids is 2. The van der Waals surface area contributed by atoms with Gasteiger partial charge in [0.25, 0.3) is 0 Å². The fourth-order valence-electron chi connectivity index (χ4n) is 2.15. The van der Waals surface area contributed by atoms with Crippen LogP contribution < -0.4 is 10.1 Å². The van der Waals surface area contributed by atoms with E-state index < -0.39 is 12.1 Å². The van der Waals surface area contributed by atoms with Crippen LogP contribution in [0, 0.1) is 5.92 Å². The number of rotatable bonds is 10. The summed E-state index contributed by atoms with van der Waals surface area (Å²) in [4.78, 5) is 22.8. The highest BCUT2D eigenvalue weighted by Crippen LogP contribution is 2.40. The SMILES string of the molecule is C=C(C)C(=O)OCCNC(=O)OCCOc1c(Br)cc(C(C)(C)C(C)C)cc1Br. The van der Waals surface area contributed by atoms with E-state index in [1.165, 1.54) is 5.56 Å². The first-order chi connectivity index (χ1) is 13.5. The Balaban J connectivity index is 2.44. The van der Waals surface area contributed by atoms with Crippen LogP contribution in [0.15, 0.2) is 33.2 Å². The predicted molar refractivity (Wildman–Crippen MR) is 120 cm³/mol. The minimum atomic E-state index is -0.605. The van der Waals surface area contributed by atoms with Gasteiger partial charge in [0.2, 0.25) is 0 Å². The van der Waals surface area contributed by atoms with Crippen LogP contribution >= 0.6 is 31.9 Å². The lowest BCUT2D eigenvalue weighted by Gasteiger charge is -2.30. The topological polar surface area (TPSA) is 73.9 Å². The first-order valence-corrected chi connectivity index (χ1v) is 10.9. The Labute approximate surface area is 189 Å². The summed E-state index contributed by atoms with van der Waals surface area (Å²) in [6, 6.07) is 4.11. The van der Waals surface area contributed by atoms with Crippen molar-refractivity contribution >= 4 is 43.9 Å². The van der Waals surface area contributed by atoms with Gasteiger partial charge in [-0.1, -0.05) is 34.3 Å². The van der Waals surface area contributed by atoms with Crippen molar-refractivity contribution in [3.63, 3.8) is 0 Å². The second kappa shape index (κ2) is 11.6. The van der Waals surface area contributed by atoms with Crippen molar-refractivity contribution < 1.29 is 23.8 Å². The van der Waals surface area contributed by atoms with Gasteiger partial charge in [-0.15, -0.1) is 0 Å². The van der Waals surface area contributed by atoms with Gasteiger partial charge in [-0.3, -0.25) is 0 Å². The minimum Gasteiger partial charge on any atom is -0.488 e. The maximum absolute atomic E-state index is 11.6. The van der Waals surface area contributed by atoms with E-state index >= 15 is 0 Å². The van der Waals surface area contributed by atoms with Gasteiger partial charge < -0.3 is 19.5 Å². The molecule has 0 saturated heterocycles. The second-order valence-electron chi connectivity index (χ2n) is 7.47. The van der Waals surface area contributed by atoms with Gasteiger partial charge in [-0.25, -0.2) is 9.59 Å². The normalized spacial score (nSPS) is 11.2. The smallest absolute Gasteiger partial charge is 0.407 e. The van der Waals surface area contributed by atoms with Gasteiger partial charge in [-0.2, -0.15) is 0 Å². The maximum atomic E-state index is 11.6. The van der Waals surface area contributed by atoms with E-state index in [2.05, 4.69) is 83.6 Å². The van der Waals surface area contributed by atoms with Gasteiger partial charge in [0, 0.05) is 5.57 Å². The number of hydrogen-bond donors (Lipinski definition) is 1. The van der Waals surface area contributed by atoms with Gasteiger partial charge in [0.05, 0.1) is 15.5 Å². The molecule has 0 aliphatic heterocycles. The number of alkyl carbamates (subject to hydrolysis) is 1. The summed E-state index contributed by atoms with van der Waals surface area (Å²) < 4.78 is 17.3. The number of ether oxygens (including phenoxy) is 3. The van der Waals surface area contributed by atoms with E-state index in [1.54, 1.807) is 6.92 Å². The summed E-state index contributed by atoms with van der Waals surface area (Å²) >= 11 is 7.12. The molecule has 0 spiro atoms. The first-order valence-electron chi connectivity index (χ1n) is 9.32. The fraction of sp³-hybridized carbons (Fsp3) is 0.524. The Bertz CT molecular complexity index is 724. The Kier molecular flexibility index (Phi) is 10.2. The maximum Gasteiger partial charge on any atom is 0.407 e. The number of halogens is 2. The minimum absolute atomic E-state index is 0.0173. The quantitative estimate of drug-likeness (QED) is 0.248. The van der Waals surface area contributed by atoms with Crippen LogP contribution in [0.4, 0.5) is 4.79 Å². The number of esters is 1. The molecule has 1 rings (SSSR count). The second-order valence-corrected chi connectivity index (χ2v) is 9.18. The Morgan fingerprint density at radius 1 is 1.10 bits per heavy atom. The molecule has 0 aliphatic rings. The lowest BCUT2D eigenvalue weighted by atomic mass is 9.75. The molecule has 6 nitrogen and oxygen atoms in total. The molecule has 8 heteroatoms. The van der Waals surface area contributed by atoms with Crippen LogP contribution in [0.1, 0.15) is 40.2 Å². The van der Waals surface area contributed by atoms with Crippen LogP contribution in [0.5, 0.6) is 5.75 Å². The lowest BCUT2D eigenvalue weighted by Crippen LogP contribution is -2.29. The molecule has 0 heterocycles. The van der Waals surface area contributed by atoms with Crippen molar-refractivity contribution in [2.24, 2.45) is 5.92 Å². The van der Waals surface area contributed by atoms with E-state index in [0.717, 1.165) is 8.95 Å². The molecule has 0 saturated carbocycles. The van der Waals surface area contributed by atoms with E-state index in [1.807, 2.05) is 0 Å². The summed E-state index contributed by atoms with van der Waals surface area (Å²) in [5.41, 5.74) is 1.52. The molecule has 0 fully saturated rings. The first kappa shape index (κ1) is 25.5. The molecule has 1 aromatic carbocycles. The number of carbonyl (C=O) groups is 2. The highest BCUT2D eigenvalue weighted by Gasteiger charge is 2.26. The van der Waals surface area contributed by atoms with Gasteiger partial charge in [-0.05, 0) is 67.8 Å². The third-order valence-corrected chi connectivity index (χ3v) is 5.88. The molecule has 1 aromatic rings. The molecule has 0 radical (unpaired) electrons. The third kappa shape index (κ3) is 8.01. The van der Waals surface area contributed by atoms with Crippen LogP contribution in [0.2, 0.25) is 0 Å². The molecule has 0 unspecified atom stereocenters. The predicted octanol–water partition coefficient (Wildman–Crippen LogP) is 5.37. The molecular formula is C21H29Br2NO5. The third-order valence-electron chi connectivity index (χ3n) is 4.70. The Morgan fingerprint density at radius 2 is 1.69 bits per heavy atom. The molecule has 1 amide bonds. The standard InChI is InChI=1S/C21H29Br2NO5/c1-13(2)19(25)28-8-7-24-20(26)29-10-9-27-18-16(22)11-15(12-17(18)23)21(5,6)14(3)4/h11-12,14H,1,7-10H2,2-6H3,(H,24,26). The molecule has 0 aliphatic carbocycles. The van der Waals surface area contributed by atoms with Gasteiger partial charge >= 0.3 is 12.1 Å². The molecule has 0 atom stereocenters. The zero-order valence-electron chi connectivity index (χ0n) is 17.6. The van der Waals surface area contributed by atoms with Gasteiger partial charge in [0.1, 0.15) is 25.6 Å². The molecule has 29 heavy (non-hydrogen) atoms. The van der Waals surface area contributed by atoms with E-state index in [9.17, 15) is 9.59 Å². The number of benzene rings is 1. The van der Waals surface area contributed by atoms with Crippen molar-refractivity contribution in [1.29, 1.82) is 0 Å². The van der Waals surface area contributed by atoms with Crippen molar-refractivity contribution in [2.75, 3.05) is 26.4 Å². The molecule has 1 N–H and O–H groups in total. The summed E-state index contributed by atoms with van der Waals surface area (Å²) in [5.74, 6) is 0.640. The number of amides is 1. The molecule has 162 valence electrons. The lowest BCUT2D eigenvalue weighted by molar-refractivity contribution is -0.138. The van der Waals surface area contributed by atoms with Crippen LogP contribution in [-0.4, -0.2) is 38.4 Å². The Hall–Kier alpha value is -1.54. The fourth-order valence-corrected chi connectivity index (χ4v) is 3.57. The van der Waals surface area contributed by atoms with Gasteiger partial charge in [0.15, 0.2) is 0 Å². The highest BCUT2D eigenvalue weighted by atomic mass is 79.9. The zero-order valence-corrected chi connectivity index (χ0v) is 20.7.